The van der Waals surface area contributed by atoms with E-state index in [1.807, 2.05) is 24.3 Å². The Morgan fingerprint density at radius 3 is 2.50 bits per heavy atom. The van der Waals surface area contributed by atoms with Crippen LogP contribution in [0.4, 0.5) is 5.69 Å². The highest BCUT2D eigenvalue weighted by atomic mass is 16.5. The summed E-state index contributed by atoms with van der Waals surface area (Å²) in [5, 5.41) is 3.48. The summed E-state index contributed by atoms with van der Waals surface area (Å²) in [6, 6.07) is 14.4. The first-order valence-electron chi connectivity index (χ1n) is 6.82. The number of aryl methyl sites for hydroxylation is 2. The van der Waals surface area contributed by atoms with Gasteiger partial charge in [0.25, 0.3) is 0 Å². The van der Waals surface area contributed by atoms with E-state index in [9.17, 15) is 0 Å². The molecule has 1 atom stereocenters. The summed E-state index contributed by atoms with van der Waals surface area (Å²) in [6.45, 7) is 4.73. The summed E-state index contributed by atoms with van der Waals surface area (Å²) in [6.07, 6.45) is 0. The Morgan fingerprint density at radius 2 is 1.85 bits per heavy atom. The van der Waals surface area contributed by atoms with Crippen molar-refractivity contribution in [1.82, 2.24) is 0 Å². The number of hydrogen-bond acceptors (Lipinski definition) is 3. The van der Waals surface area contributed by atoms with E-state index in [2.05, 4.69) is 37.4 Å². The van der Waals surface area contributed by atoms with Gasteiger partial charge in [-0.25, -0.2) is 0 Å². The van der Waals surface area contributed by atoms with Crippen molar-refractivity contribution in [1.29, 1.82) is 0 Å². The van der Waals surface area contributed by atoms with Crippen molar-refractivity contribution in [3.63, 3.8) is 0 Å². The molecule has 0 saturated heterocycles. The summed E-state index contributed by atoms with van der Waals surface area (Å²) in [7, 11) is 1.68. The summed E-state index contributed by atoms with van der Waals surface area (Å²) in [5.74, 6) is 0.860. The number of methoxy groups -OCH3 is 1. The van der Waals surface area contributed by atoms with Crippen molar-refractivity contribution in [2.45, 2.75) is 19.9 Å². The summed E-state index contributed by atoms with van der Waals surface area (Å²) in [4.78, 5) is 0. The molecule has 0 aliphatic heterocycles. The zero-order valence-electron chi connectivity index (χ0n) is 12.3. The molecule has 2 aromatic rings. The molecule has 1 unspecified atom stereocenters. The quantitative estimate of drug-likeness (QED) is 0.875. The third kappa shape index (κ3) is 3.11. The van der Waals surface area contributed by atoms with Crippen LogP contribution in [-0.2, 0) is 0 Å². The molecule has 3 nitrogen and oxygen atoms in total. The first kappa shape index (κ1) is 14.4. The molecule has 0 amide bonds. The van der Waals surface area contributed by atoms with E-state index in [4.69, 9.17) is 10.5 Å². The van der Waals surface area contributed by atoms with Gasteiger partial charge in [0.2, 0.25) is 0 Å². The number of anilines is 1. The molecule has 3 heteroatoms. The lowest BCUT2D eigenvalue weighted by molar-refractivity contribution is 0.407. The molecule has 0 aliphatic carbocycles. The molecule has 106 valence electrons. The third-order valence-corrected chi connectivity index (χ3v) is 3.60. The van der Waals surface area contributed by atoms with Crippen LogP contribution in [0.1, 0.15) is 22.7 Å². The lowest BCUT2D eigenvalue weighted by Gasteiger charge is -2.21. The lowest BCUT2D eigenvalue weighted by Crippen LogP contribution is -2.21. The van der Waals surface area contributed by atoms with Gasteiger partial charge in [-0.3, -0.25) is 0 Å². The van der Waals surface area contributed by atoms with Crippen LogP contribution in [0.15, 0.2) is 42.5 Å². The molecule has 20 heavy (non-hydrogen) atoms. The second-order valence-corrected chi connectivity index (χ2v) is 4.97. The number of ether oxygens (including phenoxy) is 1. The Bertz CT molecular complexity index is 581. The number of nitrogens with two attached hydrogens (primary N) is 1. The summed E-state index contributed by atoms with van der Waals surface area (Å²) in [5.41, 5.74) is 10.6. The Balaban J connectivity index is 2.26. The molecular formula is C17H22N2O. The predicted molar refractivity (Wildman–Crippen MR) is 84.3 cm³/mol. The topological polar surface area (TPSA) is 47.3 Å². The lowest BCUT2D eigenvalue weighted by atomic mass is 10.0. The summed E-state index contributed by atoms with van der Waals surface area (Å²) >= 11 is 0. The maximum Gasteiger partial charge on any atom is 0.124 e. The van der Waals surface area contributed by atoms with E-state index in [0.717, 1.165) is 17.0 Å². The van der Waals surface area contributed by atoms with Gasteiger partial charge in [-0.2, -0.15) is 0 Å². The van der Waals surface area contributed by atoms with Crippen molar-refractivity contribution in [3.05, 3.63) is 59.2 Å². The molecule has 0 heterocycles. The smallest absolute Gasteiger partial charge is 0.124 e. The fourth-order valence-electron chi connectivity index (χ4n) is 2.25. The molecule has 0 aliphatic rings. The minimum Gasteiger partial charge on any atom is -0.496 e. The van der Waals surface area contributed by atoms with Crippen LogP contribution >= 0.6 is 0 Å². The van der Waals surface area contributed by atoms with Gasteiger partial charge in [0, 0.05) is 17.8 Å². The van der Waals surface area contributed by atoms with Gasteiger partial charge in [-0.05, 0) is 43.2 Å². The van der Waals surface area contributed by atoms with E-state index in [1.54, 1.807) is 7.11 Å². The molecule has 2 aromatic carbocycles. The van der Waals surface area contributed by atoms with Gasteiger partial charge in [0.15, 0.2) is 0 Å². The minimum absolute atomic E-state index is 0.0354. The molecule has 0 fully saturated rings. The molecule has 0 bridgehead atoms. The molecule has 3 N–H and O–H groups in total. The molecule has 2 rings (SSSR count). The average Bonchev–Trinajstić information content (AvgIpc) is 2.48. The van der Waals surface area contributed by atoms with Crippen LogP contribution in [0.5, 0.6) is 5.75 Å². The zero-order chi connectivity index (χ0) is 14.5. The van der Waals surface area contributed by atoms with Crippen molar-refractivity contribution in [3.8, 4) is 5.75 Å². The van der Waals surface area contributed by atoms with Crippen LogP contribution < -0.4 is 15.8 Å². The Labute approximate surface area is 120 Å². The maximum absolute atomic E-state index is 5.93. The minimum atomic E-state index is 0.0354. The fourth-order valence-corrected chi connectivity index (χ4v) is 2.25. The number of benzene rings is 2. The first-order chi connectivity index (χ1) is 9.65. The van der Waals surface area contributed by atoms with E-state index in [1.165, 1.54) is 11.1 Å². The standard InChI is InChI=1S/C17H22N2O/c1-12-8-9-14(10-13(12)2)19-16(11-18)15-6-4-5-7-17(15)20-3/h4-10,16,19H,11,18H2,1-3H3. The Kier molecular flexibility index (Phi) is 4.64. The van der Waals surface area contributed by atoms with Crippen LogP contribution in [-0.4, -0.2) is 13.7 Å². The van der Waals surface area contributed by atoms with E-state index in [-0.39, 0.29) is 6.04 Å². The van der Waals surface area contributed by atoms with Crippen LogP contribution in [0.25, 0.3) is 0 Å². The number of rotatable bonds is 5. The second-order valence-electron chi connectivity index (χ2n) is 4.97. The molecular weight excluding hydrogens is 248 g/mol. The van der Waals surface area contributed by atoms with Gasteiger partial charge in [-0.15, -0.1) is 0 Å². The number of para-hydroxylation sites is 1. The summed E-state index contributed by atoms with van der Waals surface area (Å²) < 4.78 is 5.41. The van der Waals surface area contributed by atoms with E-state index < -0.39 is 0 Å². The van der Waals surface area contributed by atoms with Gasteiger partial charge >= 0.3 is 0 Å². The van der Waals surface area contributed by atoms with Gasteiger partial charge in [0.05, 0.1) is 13.2 Å². The van der Waals surface area contributed by atoms with Gasteiger partial charge < -0.3 is 15.8 Å². The van der Waals surface area contributed by atoms with Crippen LogP contribution in [0.2, 0.25) is 0 Å². The largest absolute Gasteiger partial charge is 0.496 e. The van der Waals surface area contributed by atoms with Crippen LogP contribution in [0.3, 0.4) is 0 Å². The van der Waals surface area contributed by atoms with Gasteiger partial charge in [0.1, 0.15) is 5.75 Å². The fraction of sp³-hybridized carbons (Fsp3) is 0.294. The highest BCUT2D eigenvalue weighted by Crippen LogP contribution is 2.27. The van der Waals surface area contributed by atoms with Crippen molar-refractivity contribution in [2.75, 3.05) is 19.0 Å². The Hall–Kier alpha value is -2.00. The van der Waals surface area contributed by atoms with Crippen molar-refractivity contribution in [2.24, 2.45) is 5.73 Å². The third-order valence-electron chi connectivity index (χ3n) is 3.60. The molecule has 0 spiro atoms. The highest BCUT2D eigenvalue weighted by molar-refractivity contribution is 5.51. The maximum atomic E-state index is 5.93. The number of hydrogen-bond donors (Lipinski definition) is 2. The highest BCUT2D eigenvalue weighted by Gasteiger charge is 2.14. The molecule has 0 saturated carbocycles. The van der Waals surface area contributed by atoms with E-state index >= 15 is 0 Å². The van der Waals surface area contributed by atoms with E-state index in [0.29, 0.717) is 6.54 Å². The molecule has 0 radical (unpaired) electrons. The second kappa shape index (κ2) is 6.44. The normalized spacial score (nSPS) is 12.0. The van der Waals surface area contributed by atoms with Crippen molar-refractivity contribution >= 4 is 5.69 Å². The SMILES string of the molecule is COc1ccccc1C(CN)Nc1ccc(C)c(C)c1. The first-order valence-corrected chi connectivity index (χ1v) is 6.82. The Morgan fingerprint density at radius 1 is 1.10 bits per heavy atom. The predicted octanol–water partition coefficient (Wildman–Crippen LogP) is 3.42. The monoisotopic (exact) mass is 270 g/mol. The number of nitrogens with one attached hydrogen (secondary N) is 1. The van der Waals surface area contributed by atoms with Crippen molar-refractivity contribution < 1.29 is 4.74 Å². The van der Waals surface area contributed by atoms with Crippen LogP contribution in [0, 0.1) is 13.8 Å². The average molecular weight is 270 g/mol. The molecule has 0 aromatic heterocycles. The van der Waals surface area contributed by atoms with Gasteiger partial charge in [-0.1, -0.05) is 24.3 Å². The zero-order valence-corrected chi connectivity index (χ0v) is 12.3.